The average Bonchev–Trinajstić information content (AvgIpc) is 2.96. The molecule has 1 aliphatic rings. The fourth-order valence-electron chi connectivity index (χ4n) is 2.91. The SMILES string of the molecule is O=C(c1cccnc1)N1CCCN(c2ccc3nncn3n2)CC1. The fourth-order valence-corrected chi connectivity index (χ4v) is 2.91. The van der Waals surface area contributed by atoms with Crippen LogP contribution in [0.15, 0.2) is 43.0 Å². The molecule has 122 valence electrons. The van der Waals surface area contributed by atoms with E-state index in [2.05, 4.69) is 25.2 Å². The number of hydrogen-bond donors (Lipinski definition) is 0. The van der Waals surface area contributed by atoms with Crippen LogP contribution in [0.3, 0.4) is 0 Å². The number of carbonyl (C=O) groups excluding carboxylic acids is 1. The lowest BCUT2D eigenvalue weighted by molar-refractivity contribution is 0.0766. The van der Waals surface area contributed by atoms with Crippen LogP contribution in [-0.2, 0) is 0 Å². The largest absolute Gasteiger partial charge is 0.353 e. The van der Waals surface area contributed by atoms with Gasteiger partial charge in [-0.1, -0.05) is 0 Å². The maximum atomic E-state index is 12.6. The maximum absolute atomic E-state index is 12.6. The lowest BCUT2D eigenvalue weighted by Crippen LogP contribution is -2.35. The second-order valence-corrected chi connectivity index (χ2v) is 5.70. The monoisotopic (exact) mass is 323 g/mol. The Morgan fingerprint density at radius 3 is 2.92 bits per heavy atom. The fraction of sp³-hybridized carbons (Fsp3) is 0.312. The predicted octanol–water partition coefficient (Wildman–Crippen LogP) is 0.872. The number of pyridine rings is 1. The van der Waals surface area contributed by atoms with Crippen molar-refractivity contribution in [2.24, 2.45) is 0 Å². The molecule has 0 N–H and O–H groups in total. The molecule has 4 rings (SSSR count). The number of hydrogen-bond acceptors (Lipinski definition) is 6. The summed E-state index contributed by atoms with van der Waals surface area (Å²) in [5, 5.41) is 12.3. The Bertz CT molecular complexity index is 848. The van der Waals surface area contributed by atoms with E-state index in [1.807, 2.05) is 17.0 Å². The van der Waals surface area contributed by atoms with E-state index < -0.39 is 0 Å². The molecule has 0 unspecified atom stereocenters. The van der Waals surface area contributed by atoms with E-state index in [1.165, 1.54) is 0 Å². The molecule has 0 aromatic carbocycles. The van der Waals surface area contributed by atoms with E-state index in [-0.39, 0.29) is 5.91 Å². The first kappa shape index (κ1) is 14.6. The highest BCUT2D eigenvalue weighted by Crippen LogP contribution is 2.15. The molecular formula is C16H17N7O. The zero-order valence-corrected chi connectivity index (χ0v) is 13.1. The molecule has 8 nitrogen and oxygen atoms in total. The number of aromatic nitrogens is 5. The Morgan fingerprint density at radius 2 is 2.04 bits per heavy atom. The molecule has 1 amide bonds. The van der Waals surface area contributed by atoms with Gasteiger partial charge in [-0.3, -0.25) is 9.78 Å². The summed E-state index contributed by atoms with van der Waals surface area (Å²) in [7, 11) is 0. The summed E-state index contributed by atoms with van der Waals surface area (Å²) in [4.78, 5) is 20.7. The molecule has 0 saturated carbocycles. The average molecular weight is 323 g/mol. The van der Waals surface area contributed by atoms with Gasteiger partial charge in [-0.25, -0.2) is 0 Å². The van der Waals surface area contributed by atoms with Gasteiger partial charge in [-0.2, -0.15) is 4.52 Å². The van der Waals surface area contributed by atoms with Crippen LogP contribution in [0.25, 0.3) is 5.65 Å². The number of nitrogens with zero attached hydrogens (tertiary/aromatic N) is 7. The summed E-state index contributed by atoms with van der Waals surface area (Å²) in [6.07, 6.45) is 5.78. The van der Waals surface area contributed by atoms with Gasteiger partial charge in [0.2, 0.25) is 0 Å². The van der Waals surface area contributed by atoms with E-state index in [0.717, 1.165) is 37.5 Å². The van der Waals surface area contributed by atoms with E-state index >= 15 is 0 Å². The number of fused-ring (bicyclic) bond motifs is 1. The van der Waals surface area contributed by atoms with Crippen molar-refractivity contribution in [1.82, 2.24) is 29.7 Å². The first-order valence-electron chi connectivity index (χ1n) is 7.92. The Morgan fingerprint density at radius 1 is 1.08 bits per heavy atom. The first-order valence-corrected chi connectivity index (χ1v) is 7.92. The van der Waals surface area contributed by atoms with Crippen molar-refractivity contribution in [1.29, 1.82) is 0 Å². The van der Waals surface area contributed by atoms with Crippen LogP contribution in [0.1, 0.15) is 16.8 Å². The number of carbonyl (C=O) groups is 1. The summed E-state index contributed by atoms with van der Waals surface area (Å²) < 4.78 is 1.67. The molecule has 8 heteroatoms. The molecule has 0 spiro atoms. The maximum Gasteiger partial charge on any atom is 0.255 e. The van der Waals surface area contributed by atoms with Crippen LogP contribution in [0, 0.1) is 0 Å². The number of rotatable bonds is 2. The molecule has 1 saturated heterocycles. The van der Waals surface area contributed by atoms with Crippen LogP contribution in [-0.4, -0.2) is 61.8 Å². The lowest BCUT2D eigenvalue weighted by Gasteiger charge is -2.22. The van der Waals surface area contributed by atoms with Gasteiger partial charge in [0, 0.05) is 38.6 Å². The van der Waals surface area contributed by atoms with Gasteiger partial charge in [0.15, 0.2) is 5.65 Å². The van der Waals surface area contributed by atoms with Crippen LogP contribution in [0.4, 0.5) is 5.82 Å². The van der Waals surface area contributed by atoms with Gasteiger partial charge in [-0.15, -0.1) is 15.3 Å². The molecular weight excluding hydrogens is 306 g/mol. The van der Waals surface area contributed by atoms with Crippen LogP contribution >= 0.6 is 0 Å². The van der Waals surface area contributed by atoms with E-state index in [4.69, 9.17) is 0 Å². The van der Waals surface area contributed by atoms with Crippen LogP contribution in [0.5, 0.6) is 0 Å². The van der Waals surface area contributed by atoms with Crippen molar-refractivity contribution >= 4 is 17.4 Å². The van der Waals surface area contributed by atoms with Crippen molar-refractivity contribution in [2.45, 2.75) is 6.42 Å². The summed E-state index contributed by atoms with van der Waals surface area (Å²) in [6, 6.07) is 7.44. The third-order valence-electron chi connectivity index (χ3n) is 4.16. The molecule has 1 aliphatic heterocycles. The van der Waals surface area contributed by atoms with Crippen molar-refractivity contribution < 1.29 is 4.79 Å². The lowest BCUT2D eigenvalue weighted by atomic mass is 10.2. The molecule has 3 aromatic heterocycles. The third kappa shape index (κ3) is 2.78. The minimum Gasteiger partial charge on any atom is -0.353 e. The summed E-state index contributed by atoms with van der Waals surface area (Å²) in [6.45, 7) is 3.00. The molecule has 0 atom stereocenters. The number of amides is 1. The normalized spacial score (nSPS) is 15.5. The number of anilines is 1. The Kier molecular flexibility index (Phi) is 3.78. The summed E-state index contributed by atoms with van der Waals surface area (Å²) >= 11 is 0. The summed E-state index contributed by atoms with van der Waals surface area (Å²) in [5.74, 6) is 0.908. The van der Waals surface area contributed by atoms with Gasteiger partial charge < -0.3 is 9.80 Å². The van der Waals surface area contributed by atoms with Crippen molar-refractivity contribution in [2.75, 3.05) is 31.1 Å². The van der Waals surface area contributed by atoms with Gasteiger partial charge >= 0.3 is 0 Å². The van der Waals surface area contributed by atoms with Gasteiger partial charge in [-0.05, 0) is 30.7 Å². The zero-order chi connectivity index (χ0) is 16.4. The van der Waals surface area contributed by atoms with Crippen molar-refractivity contribution in [3.05, 3.63) is 48.5 Å². The minimum absolute atomic E-state index is 0.0344. The second-order valence-electron chi connectivity index (χ2n) is 5.70. The Hall–Kier alpha value is -3.03. The van der Waals surface area contributed by atoms with E-state index in [9.17, 15) is 4.79 Å². The van der Waals surface area contributed by atoms with E-state index in [0.29, 0.717) is 12.1 Å². The molecule has 4 heterocycles. The van der Waals surface area contributed by atoms with Gasteiger partial charge in [0.25, 0.3) is 5.91 Å². The highest BCUT2D eigenvalue weighted by molar-refractivity contribution is 5.93. The van der Waals surface area contributed by atoms with Crippen LogP contribution in [0.2, 0.25) is 0 Å². The van der Waals surface area contributed by atoms with Crippen molar-refractivity contribution in [3.8, 4) is 0 Å². The standard InChI is InChI=1S/C16H17N7O/c24-16(13-3-1-6-17-11-13)22-8-2-7-21(9-10-22)15-5-4-14-19-18-12-23(14)20-15/h1,3-6,11-12H,2,7-10H2. The van der Waals surface area contributed by atoms with Crippen LogP contribution < -0.4 is 4.90 Å². The Balaban J connectivity index is 1.48. The molecule has 0 aliphatic carbocycles. The van der Waals surface area contributed by atoms with Gasteiger partial charge in [0.05, 0.1) is 5.56 Å². The van der Waals surface area contributed by atoms with Gasteiger partial charge in [0.1, 0.15) is 12.1 Å². The van der Waals surface area contributed by atoms with E-state index in [1.54, 1.807) is 35.4 Å². The molecule has 0 bridgehead atoms. The molecule has 3 aromatic rings. The second kappa shape index (κ2) is 6.23. The molecule has 24 heavy (non-hydrogen) atoms. The highest BCUT2D eigenvalue weighted by atomic mass is 16.2. The molecule has 1 fully saturated rings. The smallest absolute Gasteiger partial charge is 0.255 e. The topological polar surface area (TPSA) is 79.5 Å². The zero-order valence-electron chi connectivity index (χ0n) is 13.1. The quantitative estimate of drug-likeness (QED) is 0.696. The predicted molar refractivity (Wildman–Crippen MR) is 87.8 cm³/mol. The van der Waals surface area contributed by atoms with Crippen molar-refractivity contribution in [3.63, 3.8) is 0 Å². The summed E-state index contributed by atoms with van der Waals surface area (Å²) in [5.41, 5.74) is 1.36. The third-order valence-corrected chi connectivity index (χ3v) is 4.16. The minimum atomic E-state index is 0.0344. The first-order chi connectivity index (χ1) is 11.8. The Labute approximate surface area is 138 Å². The molecule has 0 radical (unpaired) electrons. The highest BCUT2D eigenvalue weighted by Gasteiger charge is 2.21.